The molecule has 5 nitrogen and oxygen atoms in total. The van der Waals surface area contributed by atoms with Crippen molar-refractivity contribution in [2.45, 2.75) is 25.0 Å². The van der Waals surface area contributed by atoms with E-state index in [4.69, 9.17) is 16.3 Å². The second-order valence-corrected chi connectivity index (χ2v) is 7.42. The summed E-state index contributed by atoms with van der Waals surface area (Å²) in [7, 11) is 1.69. The molecule has 2 aromatic rings. The van der Waals surface area contributed by atoms with Crippen molar-refractivity contribution in [2.75, 3.05) is 25.5 Å². The van der Waals surface area contributed by atoms with Gasteiger partial charge in [-0.2, -0.15) is 0 Å². The molecule has 2 aromatic carbocycles. The number of rotatable bonds is 3. The van der Waals surface area contributed by atoms with Crippen LogP contribution in [0.5, 0.6) is 5.75 Å². The zero-order valence-electron chi connectivity index (χ0n) is 14.7. The molecule has 1 fully saturated rings. The monoisotopic (exact) mass is 371 g/mol. The minimum Gasteiger partial charge on any atom is -0.497 e. The molecule has 0 atom stereocenters. The molecule has 2 heterocycles. The predicted octanol–water partition coefficient (Wildman–Crippen LogP) is 3.50. The Balaban J connectivity index is 1.43. The maximum Gasteiger partial charge on any atom is 0.255 e. The number of hydrogen-bond donors (Lipinski definition) is 2. The Morgan fingerprint density at radius 1 is 1.15 bits per heavy atom. The lowest BCUT2D eigenvalue weighted by molar-refractivity contribution is 0.0822. The molecule has 6 heteroatoms. The molecular weight excluding hydrogens is 350 g/mol. The zero-order chi connectivity index (χ0) is 18.1. The van der Waals surface area contributed by atoms with Gasteiger partial charge in [-0.15, -0.1) is 0 Å². The van der Waals surface area contributed by atoms with Crippen LogP contribution in [0.15, 0.2) is 42.5 Å². The van der Waals surface area contributed by atoms with Crippen LogP contribution in [0.4, 0.5) is 5.69 Å². The van der Waals surface area contributed by atoms with Crippen LogP contribution in [-0.4, -0.2) is 36.7 Å². The molecule has 0 aromatic heterocycles. The molecule has 0 saturated carbocycles. The first-order valence-corrected chi connectivity index (χ1v) is 9.20. The third-order valence-corrected chi connectivity index (χ3v) is 5.44. The summed E-state index contributed by atoms with van der Waals surface area (Å²) in [5, 5.41) is 7.27. The minimum absolute atomic E-state index is 0.0532. The number of ether oxygens (including phenoxy) is 1. The van der Waals surface area contributed by atoms with Gasteiger partial charge in [0.25, 0.3) is 5.91 Å². The number of nitrogens with one attached hydrogen (secondary N) is 2. The molecule has 1 saturated heterocycles. The lowest BCUT2D eigenvalue weighted by Gasteiger charge is -2.46. The third-order valence-electron chi connectivity index (χ3n) is 5.20. The van der Waals surface area contributed by atoms with Crippen LogP contribution in [-0.2, 0) is 6.54 Å². The van der Waals surface area contributed by atoms with Crippen molar-refractivity contribution in [2.24, 2.45) is 0 Å². The molecule has 0 bridgehead atoms. The first kappa shape index (κ1) is 17.2. The quantitative estimate of drug-likeness (QED) is 0.867. The average Bonchev–Trinajstić information content (AvgIpc) is 2.65. The van der Waals surface area contributed by atoms with Crippen molar-refractivity contribution in [1.29, 1.82) is 0 Å². The number of benzene rings is 2. The number of nitrogens with zero attached hydrogens (tertiary/aromatic N) is 1. The molecule has 4 rings (SSSR count). The fraction of sp³-hybridized carbons (Fsp3) is 0.350. The van der Waals surface area contributed by atoms with Gasteiger partial charge in [0.05, 0.1) is 12.7 Å². The minimum atomic E-state index is -0.372. The summed E-state index contributed by atoms with van der Waals surface area (Å²) >= 11 is 6.01. The molecule has 0 unspecified atom stereocenters. The van der Waals surface area contributed by atoms with Gasteiger partial charge in [0.2, 0.25) is 0 Å². The molecule has 26 heavy (non-hydrogen) atoms. The van der Waals surface area contributed by atoms with Crippen molar-refractivity contribution < 1.29 is 9.53 Å². The maximum atomic E-state index is 12.5. The van der Waals surface area contributed by atoms with Crippen LogP contribution in [0, 0.1) is 0 Å². The highest BCUT2D eigenvalue weighted by Crippen LogP contribution is 2.33. The van der Waals surface area contributed by atoms with Crippen molar-refractivity contribution in [3.63, 3.8) is 0 Å². The number of anilines is 1. The van der Waals surface area contributed by atoms with Gasteiger partial charge in [-0.1, -0.05) is 23.7 Å². The fourth-order valence-electron chi connectivity index (χ4n) is 3.76. The lowest BCUT2D eigenvalue weighted by Crippen LogP contribution is -2.62. The molecule has 0 aliphatic carbocycles. The summed E-state index contributed by atoms with van der Waals surface area (Å²) < 4.78 is 5.30. The topological polar surface area (TPSA) is 53.6 Å². The van der Waals surface area contributed by atoms with Gasteiger partial charge in [0.1, 0.15) is 11.4 Å². The van der Waals surface area contributed by atoms with E-state index in [1.807, 2.05) is 24.3 Å². The molecular formula is C20H22ClN3O2. The van der Waals surface area contributed by atoms with Gasteiger partial charge >= 0.3 is 0 Å². The van der Waals surface area contributed by atoms with E-state index >= 15 is 0 Å². The van der Waals surface area contributed by atoms with Crippen molar-refractivity contribution in [3.8, 4) is 5.75 Å². The van der Waals surface area contributed by atoms with Gasteiger partial charge in [-0.3, -0.25) is 9.69 Å². The first-order chi connectivity index (χ1) is 12.6. The summed E-state index contributed by atoms with van der Waals surface area (Å²) in [5.41, 5.74) is 2.34. The average molecular weight is 372 g/mol. The highest BCUT2D eigenvalue weighted by molar-refractivity contribution is 6.31. The first-order valence-electron chi connectivity index (χ1n) is 8.82. The van der Waals surface area contributed by atoms with E-state index in [1.165, 1.54) is 5.56 Å². The normalized spacial score (nSPS) is 18.8. The van der Waals surface area contributed by atoms with E-state index in [-0.39, 0.29) is 11.6 Å². The van der Waals surface area contributed by atoms with Crippen molar-refractivity contribution in [1.82, 2.24) is 10.2 Å². The molecule has 136 valence electrons. The van der Waals surface area contributed by atoms with E-state index in [1.54, 1.807) is 13.2 Å². The molecule has 0 radical (unpaired) electrons. The van der Waals surface area contributed by atoms with Crippen LogP contribution < -0.4 is 15.4 Å². The molecule has 1 spiro atoms. The number of fused-ring (bicyclic) bond motifs is 1. The van der Waals surface area contributed by atoms with Crippen molar-refractivity contribution in [3.05, 3.63) is 58.6 Å². The number of methoxy groups -OCH3 is 1. The standard InChI is InChI=1S/C20H22ClN3O2/c1-26-16-4-2-3-14(11-16)13-24-9-7-20(8-10-24)22-18-6-5-15(21)12-17(18)19(25)23-20/h2-6,11-12,22H,7-10,13H2,1H3,(H,23,25). The predicted molar refractivity (Wildman–Crippen MR) is 103 cm³/mol. The van der Waals surface area contributed by atoms with E-state index in [9.17, 15) is 4.79 Å². The Labute approximate surface area is 158 Å². The van der Waals surface area contributed by atoms with Gasteiger partial charge in [-0.05, 0) is 35.9 Å². The number of likely N-dealkylation sites (tertiary alicyclic amines) is 1. The van der Waals surface area contributed by atoms with Gasteiger partial charge in [0, 0.05) is 43.2 Å². The SMILES string of the molecule is COc1cccc(CN2CCC3(CC2)NC(=O)c2cc(Cl)ccc2N3)c1. The maximum absolute atomic E-state index is 12.5. The van der Waals surface area contributed by atoms with Crippen LogP contribution in [0.3, 0.4) is 0 Å². The highest BCUT2D eigenvalue weighted by Gasteiger charge is 2.40. The third kappa shape index (κ3) is 3.37. The van der Waals surface area contributed by atoms with Crippen LogP contribution in [0.2, 0.25) is 5.02 Å². The number of piperidine rings is 1. The van der Waals surface area contributed by atoms with E-state index in [0.29, 0.717) is 10.6 Å². The van der Waals surface area contributed by atoms with Crippen LogP contribution in [0.25, 0.3) is 0 Å². The Bertz CT molecular complexity index is 832. The van der Waals surface area contributed by atoms with E-state index in [0.717, 1.165) is 43.9 Å². The number of carbonyl (C=O) groups excluding carboxylic acids is 1. The summed E-state index contributed by atoms with van der Waals surface area (Å²) in [5.74, 6) is 0.829. The van der Waals surface area contributed by atoms with Crippen LogP contribution >= 0.6 is 11.6 Å². The Kier molecular flexibility index (Phi) is 4.51. The Hall–Kier alpha value is -2.24. The fourth-order valence-corrected chi connectivity index (χ4v) is 3.93. The number of carbonyl (C=O) groups is 1. The number of amides is 1. The summed E-state index contributed by atoms with van der Waals surface area (Å²) in [6.07, 6.45) is 1.70. The van der Waals surface area contributed by atoms with E-state index < -0.39 is 0 Å². The van der Waals surface area contributed by atoms with Crippen LogP contribution in [0.1, 0.15) is 28.8 Å². The highest BCUT2D eigenvalue weighted by atomic mass is 35.5. The second kappa shape index (κ2) is 6.82. The number of halogens is 1. The summed E-state index contributed by atoms with van der Waals surface area (Å²) in [6.45, 7) is 2.70. The second-order valence-electron chi connectivity index (χ2n) is 6.98. The Morgan fingerprint density at radius 2 is 1.96 bits per heavy atom. The lowest BCUT2D eigenvalue weighted by atomic mass is 9.92. The van der Waals surface area contributed by atoms with Gasteiger partial charge in [-0.25, -0.2) is 0 Å². The van der Waals surface area contributed by atoms with Gasteiger partial charge in [0.15, 0.2) is 0 Å². The molecule has 1 amide bonds. The number of hydrogen-bond acceptors (Lipinski definition) is 4. The van der Waals surface area contributed by atoms with Crippen molar-refractivity contribution >= 4 is 23.2 Å². The smallest absolute Gasteiger partial charge is 0.255 e. The molecule has 2 aliphatic heterocycles. The summed E-state index contributed by atoms with van der Waals surface area (Å²) in [4.78, 5) is 14.9. The largest absolute Gasteiger partial charge is 0.497 e. The van der Waals surface area contributed by atoms with Gasteiger partial charge < -0.3 is 15.4 Å². The van der Waals surface area contributed by atoms with E-state index in [2.05, 4.69) is 27.7 Å². The Morgan fingerprint density at radius 3 is 2.73 bits per heavy atom. The zero-order valence-corrected chi connectivity index (χ0v) is 15.5. The summed E-state index contributed by atoms with van der Waals surface area (Å²) in [6, 6.07) is 13.6. The molecule has 2 aliphatic rings. The molecule has 2 N–H and O–H groups in total.